The number of nitrogens with one attached hydrogen (secondary N) is 2. The average molecular weight is 396 g/mol. The molecule has 2 N–H and O–H groups in total. The number of benzene rings is 2. The summed E-state index contributed by atoms with van der Waals surface area (Å²) in [6, 6.07) is 19.7. The second kappa shape index (κ2) is 8.77. The van der Waals surface area contributed by atoms with Crippen LogP contribution in [0.5, 0.6) is 0 Å². The van der Waals surface area contributed by atoms with Crippen molar-refractivity contribution in [3.05, 3.63) is 77.6 Å². The zero-order valence-corrected chi connectivity index (χ0v) is 16.3. The van der Waals surface area contributed by atoms with Crippen molar-refractivity contribution in [1.82, 2.24) is 30.8 Å². The summed E-state index contributed by atoms with van der Waals surface area (Å²) in [6.07, 6.45) is 0.681. The van der Waals surface area contributed by atoms with Crippen LogP contribution in [0.3, 0.4) is 0 Å². The molecular formula is C21H25FN6O. The first kappa shape index (κ1) is 19.6. The van der Waals surface area contributed by atoms with Crippen molar-refractivity contribution < 1.29 is 9.13 Å². The number of aromatic nitrogens is 4. The highest BCUT2D eigenvalue weighted by molar-refractivity contribution is 5.26. The Kier molecular flexibility index (Phi) is 5.94. The SMILES string of the molecule is Cc1nnnn1C1CN[C@](OCF)(c2ccccc2)[C@@H](NCc2ccccc2)C1. The van der Waals surface area contributed by atoms with E-state index in [9.17, 15) is 4.39 Å². The van der Waals surface area contributed by atoms with E-state index in [1.165, 1.54) is 0 Å². The largest absolute Gasteiger partial charge is 0.324 e. The second-order valence-corrected chi connectivity index (χ2v) is 7.22. The van der Waals surface area contributed by atoms with Crippen LogP contribution in [0.15, 0.2) is 60.7 Å². The highest BCUT2D eigenvalue weighted by Crippen LogP contribution is 2.36. The van der Waals surface area contributed by atoms with E-state index >= 15 is 0 Å². The van der Waals surface area contributed by atoms with Crippen molar-refractivity contribution in [3.8, 4) is 0 Å². The van der Waals surface area contributed by atoms with Crippen LogP contribution < -0.4 is 10.6 Å². The maximum Gasteiger partial charge on any atom is 0.191 e. The lowest BCUT2D eigenvalue weighted by Crippen LogP contribution is -2.64. The van der Waals surface area contributed by atoms with Crippen LogP contribution in [-0.4, -0.2) is 39.7 Å². The number of nitrogens with zero attached hydrogens (tertiary/aromatic N) is 4. The first-order valence-electron chi connectivity index (χ1n) is 9.75. The molecule has 0 radical (unpaired) electrons. The van der Waals surface area contributed by atoms with E-state index in [1.54, 1.807) is 0 Å². The standard InChI is InChI=1S/C21H25FN6O/c1-16-25-26-27-28(16)19-12-20(23-13-17-8-4-2-5-9-17)21(24-14-19,29-15-22)18-10-6-3-7-11-18/h2-11,19-20,23-24H,12-15H2,1H3/t19?,20-,21-/m0/s1. The van der Waals surface area contributed by atoms with Gasteiger partial charge in [0.1, 0.15) is 5.82 Å². The number of piperidine rings is 1. The van der Waals surface area contributed by atoms with Gasteiger partial charge in [0.15, 0.2) is 12.6 Å². The molecule has 0 saturated carbocycles. The zero-order chi connectivity index (χ0) is 20.1. The molecular weight excluding hydrogens is 371 g/mol. The van der Waals surface area contributed by atoms with Gasteiger partial charge in [-0.15, -0.1) is 5.10 Å². The number of rotatable bonds is 7. The van der Waals surface area contributed by atoms with Crippen molar-refractivity contribution in [3.63, 3.8) is 0 Å². The fraction of sp³-hybridized carbons (Fsp3) is 0.381. The van der Waals surface area contributed by atoms with Crippen molar-refractivity contribution >= 4 is 0 Å². The van der Waals surface area contributed by atoms with Gasteiger partial charge in [-0.25, -0.2) is 9.07 Å². The third-order valence-electron chi connectivity index (χ3n) is 5.48. The minimum atomic E-state index is -0.983. The molecule has 0 bridgehead atoms. The minimum Gasteiger partial charge on any atom is -0.324 e. The van der Waals surface area contributed by atoms with E-state index in [0.29, 0.717) is 19.5 Å². The van der Waals surface area contributed by atoms with E-state index in [1.807, 2.05) is 60.1 Å². The summed E-state index contributed by atoms with van der Waals surface area (Å²) in [5.41, 5.74) is 1.05. The molecule has 1 aliphatic rings. The number of ether oxygens (including phenoxy) is 1. The highest BCUT2D eigenvalue weighted by atomic mass is 19.1. The van der Waals surface area contributed by atoms with Crippen LogP contribution in [0.1, 0.15) is 29.4 Å². The minimum absolute atomic E-state index is 0.0262. The molecule has 152 valence electrons. The van der Waals surface area contributed by atoms with E-state index in [0.717, 1.165) is 17.0 Å². The number of hydrogen-bond acceptors (Lipinski definition) is 6. The molecule has 8 heteroatoms. The molecule has 3 aromatic rings. The van der Waals surface area contributed by atoms with Crippen LogP contribution in [0.4, 0.5) is 4.39 Å². The van der Waals surface area contributed by atoms with E-state index in [2.05, 4.69) is 38.3 Å². The lowest BCUT2D eigenvalue weighted by Gasteiger charge is -2.47. The monoisotopic (exact) mass is 396 g/mol. The van der Waals surface area contributed by atoms with E-state index in [-0.39, 0.29) is 12.1 Å². The van der Waals surface area contributed by atoms with Gasteiger partial charge in [-0.2, -0.15) is 0 Å². The van der Waals surface area contributed by atoms with Crippen LogP contribution in [-0.2, 0) is 17.0 Å². The first-order chi connectivity index (χ1) is 14.2. The van der Waals surface area contributed by atoms with Gasteiger partial charge < -0.3 is 10.1 Å². The van der Waals surface area contributed by atoms with Crippen molar-refractivity contribution in [2.45, 2.75) is 37.7 Å². The molecule has 2 aromatic carbocycles. The summed E-state index contributed by atoms with van der Waals surface area (Å²) < 4.78 is 21.1. The Balaban J connectivity index is 1.65. The summed E-state index contributed by atoms with van der Waals surface area (Å²) in [4.78, 5) is 0. The molecule has 2 heterocycles. The molecule has 4 rings (SSSR count). The number of hydrogen-bond donors (Lipinski definition) is 2. The van der Waals surface area contributed by atoms with Gasteiger partial charge in [-0.3, -0.25) is 5.32 Å². The second-order valence-electron chi connectivity index (χ2n) is 7.22. The van der Waals surface area contributed by atoms with Gasteiger partial charge in [-0.05, 0) is 29.3 Å². The normalized spacial score (nSPS) is 24.5. The number of aryl methyl sites for hydroxylation is 1. The predicted molar refractivity (Wildman–Crippen MR) is 106 cm³/mol. The molecule has 3 atom stereocenters. The Morgan fingerprint density at radius 2 is 1.90 bits per heavy atom. The quantitative estimate of drug-likeness (QED) is 0.639. The van der Waals surface area contributed by atoms with Crippen LogP contribution in [0.2, 0.25) is 0 Å². The van der Waals surface area contributed by atoms with Crippen LogP contribution >= 0.6 is 0 Å². The molecule has 1 saturated heterocycles. The lowest BCUT2D eigenvalue weighted by molar-refractivity contribution is -0.150. The molecule has 7 nitrogen and oxygen atoms in total. The van der Waals surface area contributed by atoms with Crippen LogP contribution in [0.25, 0.3) is 0 Å². The fourth-order valence-corrected chi connectivity index (χ4v) is 4.05. The summed E-state index contributed by atoms with van der Waals surface area (Å²) in [7, 11) is 0. The third kappa shape index (κ3) is 4.05. The van der Waals surface area contributed by atoms with Crippen LogP contribution in [0, 0.1) is 6.92 Å². The van der Waals surface area contributed by atoms with Crippen molar-refractivity contribution in [2.24, 2.45) is 0 Å². The fourth-order valence-electron chi connectivity index (χ4n) is 4.05. The third-order valence-corrected chi connectivity index (χ3v) is 5.48. The summed E-state index contributed by atoms with van der Waals surface area (Å²) >= 11 is 0. The van der Waals surface area contributed by atoms with Gasteiger partial charge in [0.2, 0.25) is 0 Å². The Morgan fingerprint density at radius 3 is 2.55 bits per heavy atom. The number of alkyl halides is 1. The summed E-state index contributed by atoms with van der Waals surface area (Å²) in [5.74, 6) is 0.747. The van der Waals surface area contributed by atoms with E-state index in [4.69, 9.17) is 4.74 Å². The Bertz CT molecular complexity index is 906. The molecule has 0 amide bonds. The molecule has 1 unspecified atom stereocenters. The average Bonchev–Trinajstić information content (AvgIpc) is 3.20. The smallest absolute Gasteiger partial charge is 0.191 e. The van der Waals surface area contributed by atoms with Gasteiger partial charge in [0, 0.05) is 18.7 Å². The maximum atomic E-state index is 13.6. The predicted octanol–water partition coefficient (Wildman–Crippen LogP) is 2.47. The summed E-state index contributed by atoms with van der Waals surface area (Å²) in [5, 5.41) is 19.0. The summed E-state index contributed by atoms with van der Waals surface area (Å²) in [6.45, 7) is 2.19. The van der Waals surface area contributed by atoms with Gasteiger partial charge >= 0.3 is 0 Å². The Morgan fingerprint density at radius 1 is 1.17 bits per heavy atom. The van der Waals surface area contributed by atoms with E-state index < -0.39 is 12.6 Å². The van der Waals surface area contributed by atoms with Crippen molar-refractivity contribution in [2.75, 3.05) is 13.4 Å². The first-order valence-corrected chi connectivity index (χ1v) is 9.75. The molecule has 29 heavy (non-hydrogen) atoms. The zero-order valence-electron chi connectivity index (χ0n) is 16.3. The van der Waals surface area contributed by atoms with Gasteiger partial charge in [0.05, 0.1) is 12.1 Å². The molecule has 1 fully saturated rings. The maximum absolute atomic E-state index is 13.6. The molecule has 0 spiro atoms. The number of halogens is 1. The van der Waals surface area contributed by atoms with Gasteiger partial charge in [-0.1, -0.05) is 60.7 Å². The topological polar surface area (TPSA) is 76.9 Å². The van der Waals surface area contributed by atoms with Gasteiger partial charge in [0.25, 0.3) is 0 Å². The highest BCUT2D eigenvalue weighted by Gasteiger charge is 2.46. The van der Waals surface area contributed by atoms with Crippen molar-refractivity contribution in [1.29, 1.82) is 0 Å². The Labute approximate surface area is 169 Å². The molecule has 1 aromatic heterocycles. The molecule has 0 aliphatic carbocycles. The Hall–Kier alpha value is -2.68. The lowest BCUT2D eigenvalue weighted by atomic mass is 9.85. The number of tetrazole rings is 1. The molecule has 1 aliphatic heterocycles.